The number of nitrogens with one attached hydrogen (secondary N) is 1. The van der Waals surface area contributed by atoms with Crippen LogP contribution >= 0.6 is 11.6 Å². The fourth-order valence-corrected chi connectivity index (χ4v) is 4.57. The van der Waals surface area contributed by atoms with Gasteiger partial charge in [-0.3, -0.25) is 9.69 Å². The first kappa shape index (κ1) is 24.0. The molecule has 178 valence electrons. The number of nitrogens with zero attached hydrogens (tertiary/aromatic N) is 2. The highest BCUT2D eigenvalue weighted by molar-refractivity contribution is 6.30. The predicted molar refractivity (Wildman–Crippen MR) is 129 cm³/mol. The minimum Gasteiger partial charge on any atom is -0.483 e. The van der Waals surface area contributed by atoms with Crippen LogP contribution in [0.3, 0.4) is 0 Å². The van der Waals surface area contributed by atoms with E-state index in [-0.39, 0.29) is 30.4 Å². The van der Waals surface area contributed by atoms with Gasteiger partial charge in [-0.15, -0.1) is 0 Å². The molecule has 2 aromatic rings. The van der Waals surface area contributed by atoms with Crippen molar-refractivity contribution < 1.29 is 13.9 Å². The van der Waals surface area contributed by atoms with Crippen LogP contribution in [-0.2, 0) is 17.9 Å². The Morgan fingerprint density at radius 3 is 2.61 bits per heavy atom. The highest BCUT2D eigenvalue weighted by Gasteiger charge is 2.32. The van der Waals surface area contributed by atoms with Gasteiger partial charge in [-0.2, -0.15) is 0 Å². The number of halogens is 2. The van der Waals surface area contributed by atoms with E-state index >= 15 is 0 Å². The number of hydrogen-bond acceptors (Lipinski definition) is 4. The molecule has 0 bridgehead atoms. The minimum absolute atomic E-state index is 0.00623. The molecule has 7 heteroatoms. The number of piperazine rings is 1. The van der Waals surface area contributed by atoms with Gasteiger partial charge in [0.2, 0.25) is 0 Å². The van der Waals surface area contributed by atoms with Crippen molar-refractivity contribution in [1.29, 1.82) is 0 Å². The van der Waals surface area contributed by atoms with Crippen molar-refractivity contribution in [3.63, 3.8) is 0 Å². The van der Waals surface area contributed by atoms with Crippen molar-refractivity contribution in [2.45, 2.75) is 51.9 Å². The summed E-state index contributed by atoms with van der Waals surface area (Å²) in [5.41, 5.74) is 2.05. The Morgan fingerprint density at radius 2 is 1.88 bits per heavy atom. The molecule has 1 N–H and O–H groups in total. The second-order valence-electron chi connectivity index (χ2n) is 9.42. The third-order valence-corrected chi connectivity index (χ3v) is 6.79. The summed E-state index contributed by atoms with van der Waals surface area (Å²) in [6.07, 6.45) is 2.60. The molecule has 5 nitrogen and oxygen atoms in total. The molecule has 1 saturated heterocycles. The third-order valence-electron chi connectivity index (χ3n) is 6.55. The van der Waals surface area contributed by atoms with Crippen LogP contribution in [0.4, 0.5) is 4.39 Å². The molecule has 0 spiro atoms. The van der Waals surface area contributed by atoms with Gasteiger partial charge in [-0.25, -0.2) is 4.39 Å². The van der Waals surface area contributed by atoms with Crippen molar-refractivity contribution in [2.75, 3.05) is 26.2 Å². The van der Waals surface area contributed by atoms with Gasteiger partial charge in [0.1, 0.15) is 11.6 Å². The van der Waals surface area contributed by atoms with Crippen LogP contribution in [0.5, 0.6) is 5.75 Å². The number of carbonyl (C=O) groups excluding carboxylic acids is 1. The lowest BCUT2D eigenvalue weighted by molar-refractivity contribution is -0.139. The summed E-state index contributed by atoms with van der Waals surface area (Å²) in [5.74, 6) is 1.26. The predicted octanol–water partition coefficient (Wildman–Crippen LogP) is 4.48. The summed E-state index contributed by atoms with van der Waals surface area (Å²) in [6.45, 7) is 8.02. The standard InChI is InChI=1S/C26H33ClFN3O2/c1-18-15-31(19(2)14-30(18)16-21-5-8-24(28)9-6-21)26(32)17-33-25-10-7-23(27)11-22(25)13-29-12-20-3-4-20/h5-11,18-20,29H,3-4,12-17H2,1-2H3. The van der Waals surface area contributed by atoms with Gasteiger partial charge in [0.15, 0.2) is 6.61 Å². The monoisotopic (exact) mass is 473 g/mol. The highest BCUT2D eigenvalue weighted by Crippen LogP contribution is 2.28. The molecule has 1 heterocycles. The third kappa shape index (κ3) is 6.69. The van der Waals surface area contributed by atoms with Crippen LogP contribution in [-0.4, -0.2) is 54.0 Å². The van der Waals surface area contributed by atoms with Gasteiger partial charge in [-0.1, -0.05) is 23.7 Å². The van der Waals surface area contributed by atoms with Gasteiger partial charge in [0.25, 0.3) is 5.91 Å². The maximum atomic E-state index is 13.2. The molecular formula is C26H33ClFN3O2. The van der Waals surface area contributed by atoms with E-state index in [4.69, 9.17) is 16.3 Å². The van der Waals surface area contributed by atoms with Crippen LogP contribution in [0.25, 0.3) is 0 Å². The lowest BCUT2D eigenvalue weighted by atomic mass is 10.1. The summed E-state index contributed by atoms with van der Waals surface area (Å²) in [7, 11) is 0. The van der Waals surface area contributed by atoms with Gasteiger partial charge in [0.05, 0.1) is 0 Å². The van der Waals surface area contributed by atoms with E-state index in [0.29, 0.717) is 23.9 Å². The van der Waals surface area contributed by atoms with Crippen molar-refractivity contribution in [3.8, 4) is 5.75 Å². The fourth-order valence-electron chi connectivity index (χ4n) is 4.37. The van der Waals surface area contributed by atoms with Crippen LogP contribution in [0.2, 0.25) is 5.02 Å². The zero-order chi connectivity index (χ0) is 23.4. The SMILES string of the molecule is CC1CN(C(=O)COc2ccc(Cl)cc2CNCC2CC2)C(C)CN1Cc1ccc(F)cc1. The topological polar surface area (TPSA) is 44.8 Å². The van der Waals surface area contributed by atoms with Crippen LogP contribution in [0.15, 0.2) is 42.5 Å². The molecule has 1 amide bonds. The lowest BCUT2D eigenvalue weighted by Gasteiger charge is -2.44. The normalized spacial score (nSPS) is 21.3. The van der Waals surface area contributed by atoms with Crippen LogP contribution in [0, 0.1) is 11.7 Å². The lowest BCUT2D eigenvalue weighted by Crippen LogP contribution is -2.58. The molecule has 1 saturated carbocycles. The zero-order valence-corrected chi connectivity index (χ0v) is 20.2. The summed E-state index contributed by atoms with van der Waals surface area (Å²) >= 11 is 6.19. The van der Waals surface area contributed by atoms with Crippen molar-refractivity contribution in [1.82, 2.24) is 15.1 Å². The Morgan fingerprint density at radius 1 is 1.12 bits per heavy atom. The Balaban J connectivity index is 1.31. The van der Waals surface area contributed by atoms with E-state index in [9.17, 15) is 9.18 Å². The molecule has 0 radical (unpaired) electrons. The number of ether oxygens (including phenoxy) is 1. The number of carbonyl (C=O) groups is 1. The Bertz CT molecular complexity index is 951. The number of benzene rings is 2. The molecule has 2 atom stereocenters. The Hall–Kier alpha value is -2.15. The first-order valence-electron chi connectivity index (χ1n) is 11.8. The van der Waals surface area contributed by atoms with Gasteiger partial charge in [0, 0.05) is 48.8 Å². The molecule has 33 heavy (non-hydrogen) atoms. The highest BCUT2D eigenvalue weighted by atomic mass is 35.5. The second kappa shape index (κ2) is 10.9. The quantitative estimate of drug-likeness (QED) is 0.583. The van der Waals surface area contributed by atoms with Crippen LogP contribution in [0.1, 0.15) is 37.8 Å². The summed E-state index contributed by atoms with van der Waals surface area (Å²) < 4.78 is 19.2. The van der Waals surface area contributed by atoms with E-state index in [1.165, 1.54) is 25.0 Å². The van der Waals surface area contributed by atoms with Crippen molar-refractivity contribution in [3.05, 3.63) is 64.4 Å². The molecule has 2 unspecified atom stereocenters. The van der Waals surface area contributed by atoms with Gasteiger partial charge < -0.3 is 15.0 Å². The fraction of sp³-hybridized carbons (Fsp3) is 0.500. The largest absolute Gasteiger partial charge is 0.483 e. The summed E-state index contributed by atoms with van der Waals surface area (Å²) in [6, 6.07) is 12.4. The van der Waals surface area contributed by atoms with Crippen molar-refractivity contribution >= 4 is 17.5 Å². The van der Waals surface area contributed by atoms with E-state index in [0.717, 1.165) is 36.7 Å². The summed E-state index contributed by atoms with van der Waals surface area (Å²) in [5, 5.41) is 4.13. The maximum Gasteiger partial charge on any atom is 0.260 e. The van der Waals surface area contributed by atoms with Crippen LogP contribution < -0.4 is 10.1 Å². The average molecular weight is 474 g/mol. The molecule has 1 aliphatic heterocycles. The van der Waals surface area contributed by atoms with Gasteiger partial charge in [-0.05, 0) is 75.0 Å². The molecule has 2 aliphatic rings. The van der Waals surface area contributed by atoms with Gasteiger partial charge >= 0.3 is 0 Å². The molecule has 1 aliphatic carbocycles. The molecule has 0 aromatic heterocycles. The first-order valence-corrected chi connectivity index (χ1v) is 12.2. The second-order valence-corrected chi connectivity index (χ2v) is 9.85. The maximum absolute atomic E-state index is 13.2. The number of rotatable bonds is 9. The van der Waals surface area contributed by atoms with E-state index in [2.05, 4.69) is 24.1 Å². The van der Waals surface area contributed by atoms with Crippen molar-refractivity contribution in [2.24, 2.45) is 5.92 Å². The Kier molecular flexibility index (Phi) is 7.89. The summed E-state index contributed by atoms with van der Waals surface area (Å²) in [4.78, 5) is 17.3. The molecule has 2 aromatic carbocycles. The van der Waals surface area contributed by atoms with E-state index < -0.39 is 0 Å². The van der Waals surface area contributed by atoms with E-state index in [1.807, 2.05) is 29.2 Å². The minimum atomic E-state index is -0.224. The van der Waals surface area contributed by atoms with E-state index in [1.54, 1.807) is 6.07 Å². The number of hydrogen-bond donors (Lipinski definition) is 1. The zero-order valence-electron chi connectivity index (χ0n) is 19.4. The smallest absolute Gasteiger partial charge is 0.260 e. The molecule has 4 rings (SSSR count). The first-order chi connectivity index (χ1) is 15.9. The molecular weight excluding hydrogens is 441 g/mol. The number of amides is 1. The average Bonchev–Trinajstić information content (AvgIpc) is 3.61. The Labute approximate surface area is 200 Å². The molecule has 2 fully saturated rings.